The van der Waals surface area contributed by atoms with Crippen LogP contribution in [0.4, 0.5) is 0 Å². The maximum atomic E-state index is 12.5. The smallest absolute Gasteiger partial charge is 0.217 e. The Morgan fingerprint density at radius 3 is 2.42 bits per heavy atom. The molecule has 144 valence electrons. The zero-order valence-corrected chi connectivity index (χ0v) is 17.1. The molecule has 0 atom stereocenters. The highest BCUT2D eigenvalue weighted by atomic mass is 35.5. The molecule has 3 rings (SSSR count). The first-order chi connectivity index (χ1) is 12.5. The molecule has 0 aromatic carbocycles. The fourth-order valence-corrected chi connectivity index (χ4v) is 5.38. The van der Waals surface area contributed by atoms with Crippen LogP contribution in [0.1, 0.15) is 61.5 Å². The van der Waals surface area contributed by atoms with E-state index in [2.05, 4.69) is 10.2 Å². The quantitative estimate of drug-likeness (QED) is 0.726. The van der Waals surface area contributed by atoms with Crippen LogP contribution in [-0.4, -0.2) is 42.3 Å². The Hall–Kier alpha value is -0.910. The first kappa shape index (κ1) is 19.8. The van der Waals surface area contributed by atoms with Gasteiger partial charge in [-0.1, -0.05) is 11.6 Å². The predicted octanol–water partition coefficient (Wildman–Crippen LogP) is 4.38. The normalized spacial score (nSPS) is 25.2. The van der Waals surface area contributed by atoms with Gasteiger partial charge in [0.15, 0.2) is 5.78 Å². The fourth-order valence-electron chi connectivity index (χ4n) is 4.31. The third-order valence-electron chi connectivity index (χ3n) is 5.88. The van der Waals surface area contributed by atoms with Gasteiger partial charge in [0, 0.05) is 18.9 Å². The minimum Gasteiger partial charge on any atom is -0.354 e. The van der Waals surface area contributed by atoms with Gasteiger partial charge in [-0.15, -0.1) is 11.3 Å². The van der Waals surface area contributed by atoms with Crippen molar-refractivity contribution in [2.45, 2.75) is 57.9 Å². The van der Waals surface area contributed by atoms with Crippen LogP contribution < -0.4 is 5.32 Å². The summed E-state index contributed by atoms with van der Waals surface area (Å²) in [6, 6.07) is 4.06. The number of thiophene rings is 1. The number of carbonyl (C=O) groups excluding carboxylic acids is 2. The molecule has 4 nitrogen and oxygen atoms in total. The zero-order chi connectivity index (χ0) is 18.5. The maximum absolute atomic E-state index is 12.5. The molecule has 0 bridgehead atoms. The lowest BCUT2D eigenvalue weighted by atomic mass is 9.83. The summed E-state index contributed by atoms with van der Waals surface area (Å²) in [6.45, 7) is 4.79. The van der Waals surface area contributed by atoms with Crippen LogP contribution in [0.25, 0.3) is 0 Å². The zero-order valence-electron chi connectivity index (χ0n) is 15.5. The third-order valence-corrected chi connectivity index (χ3v) is 7.13. The van der Waals surface area contributed by atoms with Gasteiger partial charge in [-0.3, -0.25) is 9.59 Å². The summed E-state index contributed by atoms with van der Waals surface area (Å²) in [7, 11) is 0. The number of hydrogen-bond donors (Lipinski definition) is 1. The maximum Gasteiger partial charge on any atom is 0.217 e. The van der Waals surface area contributed by atoms with Gasteiger partial charge in [-0.05, 0) is 82.6 Å². The molecular formula is C20H29ClN2O2S. The Bertz CT molecular complexity index is 617. The molecule has 1 aromatic rings. The van der Waals surface area contributed by atoms with Crippen molar-refractivity contribution in [1.82, 2.24) is 10.2 Å². The van der Waals surface area contributed by atoms with Gasteiger partial charge in [-0.25, -0.2) is 0 Å². The molecule has 1 aliphatic carbocycles. The van der Waals surface area contributed by atoms with Crippen LogP contribution in [-0.2, 0) is 4.79 Å². The Balaban J connectivity index is 1.34. The molecule has 0 spiro atoms. The van der Waals surface area contributed by atoms with Crippen LogP contribution in [0.15, 0.2) is 12.1 Å². The van der Waals surface area contributed by atoms with E-state index in [0.29, 0.717) is 10.4 Å². The van der Waals surface area contributed by atoms with Crippen molar-refractivity contribution in [3.63, 3.8) is 0 Å². The number of piperidine rings is 1. The van der Waals surface area contributed by atoms with Gasteiger partial charge in [-0.2, -0.15) is 0 Å². The summed E-state index contributed by atoms with van der Waals surface area (Å²) in [6.07, 6.45) is 7.84. The van der Waals surface area contributed by atoms with E-state index >= 15 is 0 Å². The largest absolute Gasteiger partial charge is 0.354 e. The lowest BCUT2D eigenvalue weighted by Crippen LogP contribution is -2.39. The highest BCUT2D eigenvalue weighted by Crippen LogP contribution is 2.30. The van der Waals surface area contributed by atoms with E-state index in [1.54, 1.807) is 6.92 Å². The molecule has 6 heteroatoms. The number of ketones is 1. The number of halogens is 1. The van der Waals surface area contributed by atoms with Crippen molar-refractivity contribution >= 4 is 34.6 Å². The number of likely N-dealkylation sites (tertiary alicyclic amines) is 1. The summed E-state index contributed by atoms with van der Waals surface area (Å²) >= 11 is 7.35. The van der Waals surface area contributed by atoms with E-state index in [4.69, 9.17) is 11.6 Å². The molecule has 2 heterocycles. The van der Waals surface area contributed by atoms with E-state index in [1.807, 2.05) is 12.1 Å². The molecule has 0 radical (unpaired) electrons. The van der Waals surface area contributed by atoms with Gasteiger partial charge in [0.2, 0.25) is 5.91 Å². The molecule has 1 N–H and O–H groups in total. The monoisotopic (exact) mass is 396 g/mol. The van der Waals surface area contributed by atoms with E-state index in [1.165, 1.54) is 30.6 Å². The van der Waals surface area contributed by atoms with Crippen molar-refractivity contribution in [1.29, 1.82) is 0 Å². The standard InChI is InChI=1S/C20H29ClN2O2S/c1-14(24)22-17-4-2-15(3-5-17)8-11-23-12-9-16(10-13-23)20(25)18-6-7-19(21)26-18/h6-7,15-17H,2-5,8-13H2,1H3,(H,22,24). The van der Waals surface area contributed by atoms with E-state index < -0.39 is 0 Å². The number of carbonyl (C=O) groups is 2. The first-order valence-electron chi connectivity index (χ1n) is 9.80. The van der Waals surface area contributed by atoms with Crippen LogP contribution in [0.3, 0.4) is 0 Å². The van der Waals surface area contributed by atoms with E-state index in [-0.39, 0.29) is 17.6 Å². The van der Waals surface area contributed by atoms with Gasteiger partial charge in [0.05, 0.1) is 9.21 Å². The van der Waals surface area contributed by atoms with Crippen molar-refractivity contribution in [2.24, 2.45) is 11.8 Å². The van der Waals surface area contributed by atoms with Gasteiger partial charge in [0.1, 0.15) is 0 Å². The minimum absolute atomic E-state index is 0.0932. The molecule has 1 amide bonds. The number of nitrogens with zero attached hydrogens (tertiary/aromatic N) is 1. The average Bonchev–Trinajstić information content (AvgIpc) is 3.07. The molecule has 1 saturated heterocycles. The van der Waals surface area contributed by atoms with E-state index in [9.17, 15) is 9.59 Å². The summed E-state index contributed by atoms with van der Waals surface area (Å²) in [5, 5.41) is 3.05. The highest BCUT2D eigenvalue weighted by Gasteiger charge is 2.27. The van der Waals surface area contributed by atoms with Crippen LogP contribution in [0.2, 0.25) is 4.34 Å². The van der Waals surface area contributed by atoms with Gasteiger partial charge >= 0.3 is 0 Å². The van der Waals surface area contributed by atoms with Crippen molar-refractivity contribution in [2.75, 3.05) is 19.6 Å². The minimum atomic E-state index is 0.0932. The fraction of sp³-hybridized carbons (Fsp3) is 0.700. The SMILES string of the molecule is CC(=O)NC1CCC(CCN2CCC(C(=O)c3ccc(Cl)s3)CC2)CC1. The Morgan fingerprint density at radius 1 is 1.15 bits per heavy atom. The second kappa shape index (κ2) is 9.34. The van der Waals surface area contributed by atoms with Crippen LogP contribution >= 0.6 is 22.9 Å². The molecule has 1 saturated carbocycles. The summed E-state index contributed by atoms with van der Waals surface area (Å²) < 4.78 is 0.694. The molecular weight excluding hydrogens is 368 g/mol. The van der Waals surface area contributed by atoms with E-state index in [0.717, 1.165) is 56.1 Å². The number of rotatable bonds is 6. The number of nitrogens with one attached hydrogen (secondary N) is 1. The number of Topliss-reactive ketones (excluding diaryl/α,β-unsaturated/α-hetero) is 1. The van der Waals surface area contributed by atoms with Crippen molar-refractivity contribution < 1.29 is 9.59 Å². The molecule has 2 aliphatic rings. The van der Waals surface area contributed by atoms with Gasteiger partial charge in [0.25, 0.3) is 0 Å². The molecule has 26 heavy (non-hydrogen) atoms. The highest BCUT2D eigenvalue weighted by molar-refractivity contribution is 7.18. The second-order valence-electron chi connectivity index (χ2n) is 7.79. The lowest BCUT2D eigenvalue weighted by molar-refractivity contribution is -0.119. The lowest BCUT2D eigenvalue weighted by Gasteiger charge is -2.34. The average molecular weight is 397 g/mol. The Labute approximate surface area is 165 Å². The predicted molar refractivity (Wildman–Crippen MR) is 107 cm³/mol. The number of hydrogen-bond acceptors (Lipinski definition) is 4. The summed E-state index contributed by atoms with van der Waals surface area (Å²) in [4.78, 5) is 27.0. The topological polar surface area (TPSA) is 49.4 Å². The summed E-state index contributed by atoms with van der Waals surface area (Å²) in [5.41, 5.74) is 0. The molecule has 1 aliphatic heterocycles. The molecule has 2 fully saturated rings. The van der Waals surface area contributed by atoms with Crippen LogP contribution in [0.5, 0.6) is 0 Å². The molecule has 1 aromatic heterocycles. The Kier molecular flexibility index (Phi) is 7.12. The van der Waals surface area contributed by atoms with Crippen molar-refractivity contribution in [3.05, 3.63) is 21.3 Å². The van der Waals surface area contributed by atoms with Crippen LogP contribution in [0, 0.1) is 11.8 Å². The first-order valence-corrected chi connectivity index (χ1v) is 11.0. The third kappa shape index (κ3) is 5.54. The van der Waals surface area contributed by atoms with Gasteiger partial charge < -0.3 is 10.2 Å². The van der Waals surface area contributed by atoms with Crippen molar-refractivity contribution in [3.8, 4) is 0 Å². The number of amides is 1. The molecule has 0 unspecified atom stereocenters. The second-order valence-corrected chi connectivity index (χ2v) is 9.51. The summed E-state index contributed by atoms with van der Waals surface area (Å²) in [5.74, 6) is 1.32. The Morgan fingerprint density at radius 2 is 1.85 bits per heavy atom.